The lowest BCUT2D eigenvalue weighted by atomic mass is 10.2. The molecule has 0 N–H and O–H groups in total. The number of benzene rings is 1. The maximum atomic E-state index is 8.88. The fourth-order valence-electron chi connectivity index (χ4n) is 1.31. The van der Waals surface area contributed by atoms with Gasteiger partial charge >= 0.3 is 0 Å². The molecule has 1 aliphatic rings. The standard InChI is InChI=1S/C10H8BrNO2/c11-8-3-2-7(6-12)9-10(8)14-5-1-4-13-9/h2-3H,1,4-5H2. The topological polar surface area (TPSA) is 42.2 Å². The molecule has 0 aliphatic carbocycles. The van der Waals surface area contributed by atoms with Crippen LogP contribution in [0, 0.1) is 11.3 Å². The third-order valence-electron chi connectivity index (χ3n) is 1.97. The molecule has 14 heavy (non-hydrogen) atoms. The molecule has 1 aromatic rings. The molecule has 4 heteroatoms. The van der Waals surface area contributed by atoms with Crippen LogP contribution in [0.25, 0.3) is 0 Å². The molecular formula is C10H8BrNO2. The predicted molar refractivity (Wildman–Crippen MR) is 54.5 cm³/mol. The van der Waals surface area contributed by atoms with Crippen molar-refractivity contribution in [3.8, 4) is 17.6 Å². The molecule has 0 spiro atoms. The monoisotopic (exact) mass is 253 g/mol. The first-order valence-corrected chi connectivity index (χ1v) is 5.10. The van der Waals surface area contributed by atoms with Crippen LogP contribution in [0.4, 0.5) is 0 Å². The number of rotatable bonds is 0. The number of fused-ring (bicyclic) bond motifs is 1. The van der Waals surface area contributed by atoms with Crippen molar-refractivity contribution < 1.29 is 9.47 Å². The lowest BCUT2D eigenvalue weighted by Gasteiger charge is -2.09. The van der Waals surface area contributed by atoms with Gasteiger partial charge in [-0.25, -0.2) is 0 Å². The van der Waals surface area contributed by atoms with Crippen LogP contribution in [0.3, 0.4) is 0 Å². The van der Waals surface area contributed by atoms with E-state index in [4.69, 9.17) is 14.7 Å². The summed E-state index contributed by atoms with van der Waals surface area (Å²) in [6, 6.07) is 5.60. The van der Waals surface area contributed by atoms with Gasteiger partial charge in [0, 0.05) is 6.42 Å². The fraction of sp³-hybridized carbons (Fsp3) is 0.300. The van der Waals surface area contributed by atoms with Crippen molar-refractivity contribution in [1.82, 2.24) is 0 Å². The molecule has 0 saturated heterocycles. The molecule has 0 saturated carbocycles. The van der Waals surface area contributed by atoms with Crippen LogP contribution < -0.4 is 9.47 Å². The molecule has 0 unspecified atom stereocenters. The third kappa shape index (κ3) is 1.55. The van der Waals surface area contributed by atoms with Gasteiger partial charge in [0.1, 0.15) is 6.07 Å². The average Bonchev–Trinajstić information content (AvgIpc) is 2.44. The quantitative estimate of drug-likeness (QED) is 0.714. The smallest absolute Gasteiger partial charge is 0.180 e. The Bertz CT molecular complexity index is 398. The lowest BCUT2D eigenvalue weighted by Crippen LogP contribution is -1.98. The molecule has 0 amide bonds. The van der Waals surface area contributed by atoms with Crippen molar-refractivity contribution >= 4 is 15.9 Å². The minimum Gasteiger partial charge on any atom is -0.488 e. The molecule has 1 aliphatic heterocycles. The average molecular weight is 254 g/mol. The first kappa shape index (κ1) is 9.35. The Morgan fingerprint density at radius 2 is 1.93 bits per heavy atom. The molecule has 0 bridgehead atoms. The van der Waals surface area contributed by atoms with Crippen molar-refractivity contribution in [1.29, 1.82) is 5.26 Å². The van der Waals surface area contributed by atoms with Crippen LogP contribution in [-0.4, -0.2) is 13.2 Å². The molecule has 72 valence electrons. The zero-order valence-electron chi connectivity index (χ0n) is 7.42. The maximum absolute atomic E-state index is 8.88. The summed E-state index contributed by atoms with van der Waals surface area (Å²) in [4.78, 5) is 0. The Morgan fingerprint density at radius 3 is 2.64 bits per heavy atom. The molecule has 0 radical (unpaired) electrons. The van der Waals surface area contributed by atoms with Crippen LogP contribution in [0.5, 0.6) is 11.5 Å². The highest BCUT2D eigenvalue weighted by Crippen LogP contribution is 2.39. The van der Waals surface area contributed by atoms with Crippen molar-refractivity contribution in [2.45, 2.75) is 6.42 Å². The summed E-state index contributed by atoms with van der Waals surface area (Å²) in [6.07, 6.45) is 0.839. The largest absolute Gasteiger partial charge is 0.488 e. The third-order valence-corrected chi connectivity index (χ3v) is 2.59. The summed E-state index contributed by atoms with van der Waals surface area (Å²) < 4.78 is 11.8. The van der Waals surface area contributed by atoms with Crippen LogP contribution in [0.2, 0.25) is 0 Å². The van der Waals surface area contributed by atoms with Gasteiger partial charge in [0.05, 0.1) is 23.2 Å². The zero-order valence-corrected chi connectivity index (χ0v) is 9.00. The molecule has 0 aromatic heterocycles. The van der Waals surface area contributed by atoms with E-state index in [1.54, 1.807) is 12.1 Å². The van der Waals surface area contributed by atoms with Gasteiger partial charge in [-0.15, -0.1) is 0 Å². The summed E-state index contributed by atoms with van der Waals surface area (Å²) in [7, 11) is 0. The molecular weight excluding hydrogens is 246 g/mol. The molecule has 0 fully saturated rings. The van der Waals surface area contributed by atoms with E-state index in [2.05, 4.69) is 22.0 Å². The van der Waals surface area contributed by atoms with E-state index in [0.29, 0.717) is 30.3 Å². The summed E-state index contributed by atoms with van der Waals surface area (Å²) >= 11 is 3.37. The number of hydrogen-bond donors (Lipinski definition) is 0. The van der Waals surface area contributed by atoms with Crippen LogP contribution in [-0.2, 0) is 0 Å². The summed E-state index contributed by atoms with van der Waals surface area (Å²) in [5, 5.41) is 8.88. The van der Waals surface area contributed by atoms with Gasteiger partial charge in [0.2, 0.25) is 0 Å². The van der Waals surface area contributed by atoms with E-state index in [1.165, 1.54) is 0 Å². The summed E-state index contributed by atoms with van der Waals surface area (Å²) in [6.45, 7) is 1.22. The molecule has 3 nitrogen and oxygen atoms in total. The second-order valence-electron chi connectivity index (χ2n) is 2.92. The number of halogens is 1. The second-order valence-corrected chi connectivity index (χ2v) is 3.77. The predicted octanol–water partition coefficient (Wildman–Crippen LogP) is 2.48. The highest BCUT2D eigenvalue weighted by atomic mass is 79.9. The zero-order chi connectivity index (χ0) is 9.97. The van der Waals surface area contributed by atoms with Gasteiger partial charge < -0.3 is 9.47 Å². The second kappa shape index (κ2) is 3.89. The van der Waals surface area contributed by atoms with E-state index in [0.717, 1.165) is 10.9 Å². The number of ether oxygens (including phenoxy) is 2. The highest BCUT2D eigenvalue weighted by molar-refractivity contribution is 9.10. The molecule has 1 heterocycles. The SMILES string of the molecule is N#Cc1ccc(Br)c2c1OCCCO2. The van der Waals surface area contributed by atoms with Gasteiger partial charge in [-0.1, -0.05) is 0 Å². The first-order valence-electron chi connectivity index (χ1n) is 4.31. The maximum Gasteiger partial charge on any atom is 0.180 e. The van der Waals surface area contributed by atoms with E-state index in [9.17, 15) is 0 Å². The molecule has 1 aromatic carbocycles. The Balaban J connectivity index is 2.56. The van der Waals surface area contributed by atoms with E-state index in [-0.39, 0.29) is 0 Å². The Kier molecular flexibility index (Phi) is 2.60. The van der Waals surface area contributed by atoms with Crippen molar-refractivity contribution in [2.75, 3.05) is 13.2 Å². The van der Waals surface area contributed by atoms with Gasteiger partial charge in [-0.05, 0) is 28.1 Å². The van der Waals surface area contributed by atoms with Crippen molar-refractivity contribution in [3.63, 3.8) is 0 Å². The van der Waals surface area contributed by atoms with E-state index in [1.807, 2.05) is 0 Å². The number of nitrogens with zero attached hydrogens (tertiary/aromatic N) is 1. The normalized spacial score (nSPS) is 14.3. The van der Waals surface area contributed by atoms with Crippen molar-refractivity contribution in [2.24, 2.45) is 0 Å². The fourth-order valence-corrected chi connectivity index (χ4v) is 1.74. The summed E-state index contributed by atoms with van der Waals surface area (Å²) in [5.41, 5.74) is 0.519. The van der Waals surface area contributed by atoms with Gasteiger partial charge in [0.25, 0.3) is 0 Å². The van der Waals surface area contributed by atoms with E-state index >= 15 is 0 Å². The Labute approximate surface area is 90.4 Å². The number of hydrogen-bond acceptors (Lipinski definition) is 3. The lowest BCUT2D eigenvalue weighted by molar-refractivity contribution is 0.296. The number of nitriles is 1. The van der Waals surface area contributed by atoms with Gasteiger partial charge in [-0.3, -0.25) is 0 Å². The highest BCUT2D eigenvalue weighted by Gasteiger charge is 2.17. The minimum absolute atomic E-state index is 0.519. The van der Waals surface area contributed by atoms with Gasteiger partial charge in [-0.2, -0.15) is 5.26 Å². The van der Waals surface area contributed by atoms with Crippen LogP contribution >= 0.6 is 15.9 Å². The van der Waals surface area contributed by atoms with Crippen molar-refractivity contribution in [3.05, 3.63) is 22.2 Å². The Hall–Kier alpha value is -1.21. The summed E-state index contributed by atoms with van der Waals surface area (Å²) in [5.74, 6) is 1.20. The van der Waals surface area contributed by atoms with E-state index < -0.39 is 0 Å². The first-order chi connectivity index (χ1) is 6.83. The van der Waals surface area contributed by atoms with Crippen LogP contribution in [0.1, 0.15) is 12.0 Å². The molecule has 0 atom stereocenters. The minimum atomic E-state index is 0.519. The molecule has 2 rings (SSSR count). The Morgan fingerprint density at radius 1 is 1.21 bits per heavy atom. The van der Waals surface area contributed by atoms with Crippen LogP contribution in [0.15, 0.2) is 16.6 Å². The van der Waals surface area contributed by atoms with Gasteiger partial charge in [0.15, 0.2) is 11.5 Å².